The smallest absolute Gasteiger partial charge is 0.235 e. The van der Waals surface area contributed by atoms with E-state index >= 15 is 0 Å². The van der Waals surface area contributed by atoms with Crippen molar-refractivity contribution < 1.29 is 0 Å². The summed E-state index contributed by atoms with van der Waals surface area (Å²) in [6.07, 6.45) is 0. The molecule has 12 rings (SSSR count). The van der Waals surface area contributed by atoms with Crippen LogP contribution in [0.25, 0.3) is 109 Å². The van der Waals surface area contributed by atoms with Crippen LogP contribution >= 0.6 is 11.3 Å². The van der Waals surface area contributed by atoms with E-state index in [1.54, 1.807) is 11.3 Å². The van der Waals surface area contributed by atoms with E-state index in [0.717, 1.165) is 43.6 Å². The highest BCUT2D eigenvalue weighted by Crippen LogP contribution is 2.42. The van der Waals surface area contributed by atoms with Gasteiger partial charge in [0.2, 0.25) is 5.95 Å². The number of aromatic nitrogens is 4. The monoisotopic (exact) mass is 744 g/mol. The Balaban J connectivity index is 1.05. The number of rotatable bonds is 5. The molecule has 0 saturated heterocycles. The van der Waals surface area contributed by atoms with E-state index in [-0.39, 0.29) is 0 Å². The Morgan fingerprint density at radius 1 is 0.351 bits per heavy atom. The summed E-state index contributed by atoms with van der Waals surface area (Å²) in [6, 6.07) is 69.6. The van der Waals surface area contributed by atoms with Crippen LogP contribution in [0.2, 0.25) is 0 Å². The van der Waals surface area contributed by atoms with Gasteiger partial charge in [-0.05, 0) is 76.9 Å². The third-order valence-corrected chi connectivity index (χ3v) is 12.5. The Bertz CT molecular complexity index is 3500. The summed E-state index contributed by atoms with van der Waals surface area (Å²) < 4.78 is 6.92. The molecule has 8 aromatic carbocycles. The molecule has 266 valence electrons. The van der Waals surface area contributed by atoms with Crippen LogP contribution in [0.15, 0.2) is 194 Å². The molecule has 4 aromatic heterocycles. The van der Waals surface area contributed by atoms with Crippen molar-refractivity contribution in [2.75, 3.05) is 0 Å². The molecular formula is C52H32N4S. The largest absolute Gasteiger partial charge is 0.309 e. The molecule has 0 bridgehead atoms. The molecule has 0 atom stereocenters. The van der Waals surface area contributed by atoms with Crippen molar-refractivity contribution in [3.05, 3.63) is 194 Å². The molecule has 4 nitrogen and oxygen atoms in total. The topological polar surface area (TPSA) is 35.6 Å². The summed E-state index contributed by atoms with van der Waals surface area (Å²) in [6.45, 7) is 0. The number of fused-ring (bicyclic) bond motifs is 9. The highest BCUT2D eigenvalue weighted by atomic mass is 32.1. The van der Waals surface area contributed by atoms with E-state index in [4.69, 9.17) is 9.97 Å². The first kappa shape index (κ1) is 32.0. The van der Waals surface area contributed by atoms with Crippen molar-refractivity contribution >= 4 is 75.3 Å². The van der Waals surface area contributed by atoms with E-state index in [9.17, 15) is 0 Å². The zero-order valence-electron chi connectivity index (χ0n) is 30.7. The Morgan fingerprint density at radius 3 is 1.53 bits per heavy atom. The number of benzene rings is 8. The van der Waals surface area contributed by atoms with Crippen molar-refractivity contribution in [2.45, 2.75) is 0 Å². The van der Waals surface area contributed by atoms with Crippen LogP contribution in [0.3, 0.4) is 0 Å². The predicted octanol–water partition coefficient (Wildman–Crippen LogP) is 14.0. The van der Waals surface area contributed by atoms with Gasteiger partial charge in [0, 0.05) is 42.9 Å². The normalized spacial score (nSPS) is 11.9. The molecule has 0 fully saturated rings. The van der Waals surface area contributed by atoms with E-state index in [1.165, 1.54) is 59.5 Å². The first-order valence-electron chi connectivity index (χ1n) is 19.2. The SMILES string of the molecule is c1ccc(-c2ccc(-c3nc(-n4c5ccccc5c5cc(-c6ccc7c(c6)c6ccccc6n7-c6ccccc6)ccc54)nc4c3sc3ccccc34)cc2)cc1. The van der Waals surface area contributed by atoms with Crippen molar-refractivity contribution in [3.63, 3.8) is 0 Å². The zero-order chi connectivity index (χ0) is 37.5. The molecule has 0 aliphatic rings. The number of hydrogen-bond donors (Lipinski definition) is 0. The molecule has 0 aliphatic heterocycles. The summed E-state index contributed by atoms with van der Waals surface area (Å²) in [5.41, 5.74) is 13.4. The van der Waals surface area contributed by atoms with Crippen molar-refractivity contribution in [2.24, 2.45) is 0 Å². The Labute approximate surface area is 332 Å². The minimum Gasteiger partial charge on any atom is -0.309 e. The molecule has 0 amide bonds. The molecule has 4 heterocycles. The Hall–Kier alpha value is -7.34. The second-order valence-corrected chi connectivity index (χ2v) is 15.6. The van der Waals surface area contributed by atoms with Gasteiger partial charge in [-0.3, -0.25) is 4.57 Å². The maximum Gasteiger partial charge on any atom is 0.235 e. The summed E-state index contributed by atoms with van der Waals surface area (Å²) in [4.78, 5) is 10.8. The fraction of sp³-hybridized carbons (Fsp3) is 0. The van der Waals surface area contributed by atoms with Gasteiger partial charge in [0.05, 0.1) is 38.0 Å². The third-order valence-electron chi connectivity index (χ3n) is 11.4. The number of thiophene rings is 1. The summed E-state index contributed by atoms with van der Waals surface area (Å²) in [5, 5.41) is 5.97. The summed E-state index contributed by atoms with van der Waals surface area (Å²) in [5.74, 6) is 0.669. The van der Waals surface area contributed by atoms with Gasteiger partial charge >= 0.3 is 0 Å². The summed E-state index contributed by atoms with van der Waals surface area (Å²) >= 11 is 1.76. The molecule has 0 saturated carbocycles. The van der Waals surface area contributed by atoms with E-state index in [1.807, 2.05) is 0 Å². The van der Waals surface area contributed by atoms with Gasteiger partial charge in [-0.2, -0.15) is 0 Å². The maximum atomic E-state index is 5.44. The third kappa shape index (κ3) is 4.99. The molecule has 12 aromatic rings. The lowest BCUT2D eigenvalue weighted by molar-refractivity contribution is 1.02. The van der Waals surface area contributed by atoms with Crippen LogP contribution in [-0.4, -0.2) is 19.1 Å². The lowest BCUT2D eigenvalue weighted by atomic mass is 10.0. The van der Waals surface area contributed by atoms with E-state index in [2.05, 4.69) is 203 Å². The molecule has 57 heavy (non-hydrogen) atoms. The predicted molar refractivity (Wildman–Crippen MR) is 240 cm³/mol. The van der Waals surface area contributed by atoms with Crippen LogP contribution in [-0.2, 0) is 0 Å². The average Bonchev–Trinajstić information content (AvgIpc) is 3.94. The maximum absolute atomic E-state index is 5.44. The Kier molecular flexibility index (Phi) is 7.06. The first-order chi connectivity index (χ1) is 28.3. The highest BCUT2D eigenvalue weighted by molar-refractivity contribution is 7.26. The highest BCUT2D eigenvalue weighted by Gasteiger charge is 2.21. The molecule has 0 radical (unpaired) electrons. The van der Waals surface area contributed by atoms with Crippen LogP contribution in [0.1, 0.15) is 0 Å². The molecule has 0 unspecified atom stereocenters. The van der Waals surface area contributed by atoms with Crippen LogP contribution in [0, 0.1) is 0 Å². The van der Waals surface area contributed by atoms with Gasteiger partial charge < -0.3 is 4.57 Å². The molecular weight excluding hydrogens is 713 g/mol. The molecule has 0 spiro atoms. The first-order valence-corrected chi connectivity index (χ1v) is 20.1. The van der Waals surface area contributed by atoms with Gasteiger partial charge in [-0.15, -0.1) is 11.3 Å². The van der Waals surface area contributed by atoms with Crippen LogP contribution < -0.4 is 0 Å². The van der Waals surface area contributed by atoms with Crippen molar-refractivity contribution in [1.29, 1.82) is 0 Å². The second-order valence-electron chi connectivity index (χ2n) is 14.6. The van der Waals surface area contributed by atoms with Gasteiger partial charge in [0.25, 0.3) is 0 Å². The number of hydrogen-bond acceptors (Lipinski definition) is 3. The van der Waals surface area contributed by atoms with Gasteiger partial charge in [-0.1, -0.05) is 140 Å². The fourth-order valence-electron chi connectivity index (χ4n) is 8.70. The van der Waals surface area contributed by atoms with Gasteiger partial charge in [0.15, 0.2) is 0 Å². The summed E-state index contributed by atoms with van der Waals surface area (Å²) in [7, 11) is 0. The molecule has 5 heteroatoms. The van der Waals surface area contributed by atoms with E-state index < -0.39 is 0 Å². The Morgan fingerprint density at radius 2 is 0.842 bits per heavy atom. The number of nitrogens with zero attached hydrogens (tertiary/aromatic N) is 4. The second kappa shape index (κ2) is 12.6. The van der Waals surface area contributed by atoms with Crippen molar-refractivity contribution in [3.8, 4) is 45.1 Å². The van der Waals surface area contributed by atoms with Crippen LogP contribution in [0.4, 0.5) is 0 Å². The van der Waals surface area contributed by atoms with Gasteiger partial charge in [0.1, 0.15) is 0 Å². The van der Waals surface area contributed by atoms with Gasteiger partial charge in [-0.25, -0.2) is 9.97 Å². The fourth-order valence-corrected chi connectivity index (χ4v) is 9.86. The van der Waals surface area contributed by atoms with Crippen LogP contribution in [0.5, 0.6) is 0 Å². The minimum atomic E-state index is 0.669. The average molecular weight is 745 g/mol. The lowest BCUT2D eigenvalue weighted by Crippen LogP contribution is -2.02. The quantitative estimate of drug-likeness (QED) is 0.176. The molecule has 0 aliphatic carbocycles. The zero-order valence-corrected chi connectivity index (χ0v) is 31.5. The number of para-hydroxylation sites is 3. The molecule has 0 N–H and O–H groups in total. The standard InChI is InChI=1S/C52H32N4S/c1-3-13-33(14-4-1)34-23-25-35(26-24-34)49-51-50(41-19-9-12-22-48(41)57-51)54-52(53-49)56-45-21-11-8-18-40(45)43-32-37(28-30-47(43)56)36-27-29-46-42(31-36)39-17-7-10-20-44(39)55(46)38-15-5-2-6-16-38/h1-32H. The van der Waals surface area contributed by atoms with E-state index in [0.29, 0.717) is 5.95 Å². The minimum absolute atomic E-state index is 0.669. The lowest BCUT2D eigenvalue weighted by Gasteiger charge is -2.11. The van der Waals surface area contributed by atoms with Crippen molar-refractivity contribution in [1.82, 2.24) is 19.1 Å².